The van der Waals surface area contributed by atoms with Crippen molar-refractivity contribution in [3.05, 3.63) is 78.1 Å². The van der Waals surface area contributed by atoms with Gasteiger partial charge >= 0.3 is 0 Å². The number of furan rings is 1. The number of piperazine rings is 1. The smallest absolute Gasteiger partial charge is 0.284 e. The van der Waals surface area contributed by atoms with Gasteiger partial charge in [-0.1, -0.05) is 29.5 Å². The second-order valence-electron chi connectivity index (χ2n) is 8.38. The number of thioether (sulfide) groups is 1. The van der Waals surface area contributed by atoms with E-state index in [1.165, 1.54) is 6.26 Å². The highest BCUT2D eigenvalue weighted by Gasteiger charge is 2.22. The monoisotopic (exact) mass is 503 g/mol. The van der Waals surface area contributed by atoms with Gasteiger partial charge in [-0.05, 0) is 55.5 Å². The Morgan fingerprint density at radius 2 is 1.81 bits per heavy atom. The second kappa shape index (κ2) is 10.7. The number of anilines is 2. The van der Waals surface area contributed by atoms with Crippen molar-refractivity contribution in [2.24, 2.45) is 0 Å². The molecule has 0 unspecified atom stereocenters. The number of amides is 2. The minimum Gasteiger partial charge on any atom is -0.459 e. The predicted octanol–water partition coefficient (Wildman–Crippen LogP) is 4.33. The lowest BCUT2D eigenvalue weighted by molar-refractivity contribution is -0.113. The van der Waals surface area contributed by atoms with E-state index in [0.717, 1.165) is 41.7 Å². The summed E-state index contributed by atoms with van der Waals surface area (Å²) in [6, 6.07) is 18.9. The maximum Gasteiger partial charge on any atom is 0.284 e. The molecule has 2 amide bonds. The fourth-order valence-electron chi connectivity index (χ4n) is 3.98. The predicted molar refractivity (Wildman–Crippen MR) is 137 cm³/mol. The summed E-state index contributed by atoms with van der Waals surface area (Å²) in [7, 11) is 0. The molecule has 10 heteroatoms. The van der Waals surface area contributed by atoms with Gasteiger partial charge in [-0.25, -0.2) is 0 Å². The van der Waals surface area contributed by atoms with Gasteiger partial charge in [0.15, 0.2) is 5.76 Å². The first-order valence-corrected chi connectivity index (χ1v) is 12.5. The normalized spacial score (nSPS) is 13.6. The maximum atomic E-state index is 12.8. The molecule has 5 rings (SSSR count). The van der Waals surface area contributed by atoms with Crippen LogP contribution in [-0.2, 0) is 4.79 Å². The molecule has 1 fully saturated rings. The Morgan fingerprint density at radius 3 is 2.53 bits per heavy atom. The Labute approximate surface area is 212 Å². The van der Waals surface area contributed by atoms with Gasteiger partial charge in [0.25, 0.3) is 17.0 Å². The molecule has 36 heavy (non-hydrogen) atoms. The molecule has 1 aliphatic rings. The van der Waals surface area contributed by atoms with E-state index in [1.54, 1.807) is 12.1 Å². The van der Waals surface area contributed by atoms with Gasteiger partial charge in [0, 0.05) is 43.1 Å². The molecule has 0 aliphatic carbocycles. The first kappa shape index (κ1) is 23.7. The summed E-state index contributed by atoms with van der Waals surface area (Å²) >= 11 is 1.16. The lowest BCUT2D eigenvalue weighted by Crippen LogP contribution is -2.48. The van der Waals surface area contributed by atoms with Crippen LogP contribution in [0.25, 0.3) is 11.7 Å². The molecular formula is C26H25N5O4S. The molecule has 184 valence electrons. The van der Waals surface area contributed by atoms with Crippen molar-refractivity contribution < 1.29 is 18.4 Å². The van der Waals surface area contributed by atoms with E-state index in [1.807, 2.05) is 60.4 Å². The van der Waals surface area contributed by atoms with Gasteiger partial charge in [-0.2, -0.15) is 0 Å². The summed E-state index contributed by atoms with van der Waals surface area (Å²) in [6.45, 7) is 4.83. The number of aromatic nitrogens is 2. The summed E-state index contributed by atoms with van der Waals surface area (Å²) in [5.74, 6) is 0.802. The Morgan fingerprint density at radius 1 is 1.00 bits per heavy atom. The van der Waals surface area contributed by atoms with Crippen LogP contribution >= 0.6 is 11.8 Å². The number of carbonyl (C=O) groups is 2. The summed E-state index contributed by atoms with van der Waals surface area (Å²) in [5, 5.41) is 11.0. The summed E-state index contributed by atoms with van der Waals surface area (Å²) < 4.78 is 10.7. The van der Waals surface area contributed by atoms with Crippen LogP contribution in [0.2, 0.25) is 0 Å². The Balaban J connectivity index is 1.09. The summed E-state index contributed by atoms with van der Waals surface area (Å²) in [5.41, 5.74) is 3.58. The molecule has 0 bridgehead atoms. The van der Waals surface area contributed by atoms with Crippen molar-refractivity contribution in [2.45, 2.75) is 12.1 Å². The van der Waals surface area contributed by atoms with Gasteiger partial charge in [0.2, 0.25) is 5.91 Å². The quantitative estimate of drug-likeness (QED) is 0.372. The number of nitrogens with zero attached hydrogens (tertiary/aromatic N) is 4. The van der Waals surface area contributed by atoms with Crippen LogP contribution in [0.3, 0.4) is 0 Å². The number of hydrogen-bond acceptors (Lipinski definition) is 8. The summed E-state index contributed by atoms with van der Waals surface area (Å²) in [4.78, 5) is 29.3. The molecule has 1 aliphatic heterocycles. The largest absolute Gasteiger partial charge is 0.459 e. The van der Waals surface area contributed by atoms with Crippen molar-refractivity contribution in [1.29, 1.82) is 0 Å². The molecule has 1 saturated heterocycles. The highest BCUT2D eigenvalue weighted by molar-refractivity contribution is 7.99. The van der Waals surface area contributed by atoms with E-state index < -0.39 is 0 Å². The number of nitrogens with one attached hydrogen (secondary N) is 1. The van der Waals surface area contributed by atoms with Crippen molar-refractivity contribution in [3.8, 4) is 11.7 Å². The van der Waals surface area contributed by atoms with Gasteiger partial charge in [-0.3, -0.25) is 9.59 Å². The molecule has 2 aromatic heterocycles. The van der Waals surface area contributed by atoms with Crippen molar-refractivity contribution in [2.75, 3.05) is 42.1 Å². The number of carbonyl (C=O) groups excluding carboxylic acids is 2. The molecule has 4 aromatic rings. The summed E-state index contributed by atoms with van der Waals surface area (Å²) in [6.07, 6.45) is 1.53. The fraction of sp³-hybridized carbons (Fsp3) is 0.231. The van der Waals surface area contributed by atoms with Crippen LogP contribution in [0, 0.1) is 6.92 Å². The minimum atomic E-state index is -0.172. The van der Waals surface area contributed by atoms with Crippen molar-refractivity contribution >= 4 is 35.0 Å². The Kier molecular flexibility index (Phi) is 7.03. The van der Waals surface area contributed by atoms with E-state index in [2.05, 4.69) is 20.4 Å². The Hall–Kier alpha value is -4.05. The van der Waals surface area contributed by atoms with Crippen LogP contribution in [0.4, 0.5) is 11.4 Å². The number of hydrogen-bond donors (Lipinski definition) is 1. The second-order valence-corrected chi connectivity index (χ2v) is 9.31. The molecule has 0 saturated carbocycles. The number of benzene rings is 2. The van der Waals surface area contributed by atoms with Crippen LogP contribution < -0.4 is 10.2 Å². The molecular weight excluding hydrogens is 478 g/mol. The molecule has 0 radical (unpaired) electrons. The van der Waals surface area contributed by atoms with E-state index >= 15 is 0 Å². The molecule has 0 spiro atoms. The van der Waals surface area contributed by atoms with Gasteiger partial charge < -0.3 is 24.0 Å². The van der Waals surface area contributed by atoms with Crippen molar-refractivity contribution in [1.82, 2.24) is 15.1 Å². The zero-order chi connectivity index (χ0) is 24.9. The zero-order valence-electron chi connectivity index (χ0n) is 19.7. The van der Waals surface area contributed by atoms with Crippen LogP contribution in [-0.4, -0.2) is 58.8 Å². The molecule has 9 nitrogen and oxygen atoms in total. The van der Waals surface area contributed by atoms with E-state index in [4.69, 9.17) is 8.83 Å². The van der Waals surface area contributed by atoms with E-state index in [9.17, 15) is 9.59 Å². The standard InChI is InChI=1S/C26H25N5O4S/c1-18-4-2-5-19(16-18)25(33)31-13-11-30(12-14-31)21-9-7-20(8-10-21)27-23(32)17-36-26-29-28-24(35-26)22-6-3-15-34-22/h2-10,15-16H,11-14,17H2,1H3,(H,27,32). The third-order valence-corrected chi connectivity index (χ3v) is 6.63. The highest BCUT2D eigenvalue weighted by atomic mass is 32.2. The fourth-order valence-corrected chi connectivity index (χ4v) is 4.54. The molecule has 3 heterocycles. The van der Waals surface area contributed by atoms with Gasteiger partial charge in [0.1, 0.15) is 0 Å². The first-order chi connectivity index (χ1) is 17.5. The zero-order valence-corrected chi connectivity index (χ0v) is 20.5. The van der Waals surface area contributed by atoms with Gasteiger partial charge in [-0.15, -0.1) is 10.2 Å². The van der Waals surface area contributed by atoms with E-state index in [-0.39, 0.29) is 23.5 Å². The van der Waals surface area contributed by atoms with Crippen LogP contribution in [0.1, 0.15) is 15.9 Å². The minimum absolute atomic E-state index is 0.0759. The molecule has 2 aromatic carbocycles. The SMILES string of the molecule is Cc1cccc(C(=O)N2CCN(c3ccc(NC(=O)CSc4nnc(-c5ccco5)o4)cc3)CC2)c1. The third-order valence-electron chi connectivity index (χ3n) is 5.81. The lowest BCUT2D eigenvalue weighted by atomic mass is 10.1. The van der Waals surface area contributed by atoms with Crippen LogP contribution in [0.5, 0.6) is 0 Å². The topological polar surface area (TPSA) is 105 Å². The molecule has 0 atom stereocenters. The highest BCUT2D eigenvalue weighted by Crippen LogP contribution is 2.24. The first-order valence-electron chi connectivity index (χ1n) is 11.6. The average molecular weight is 504 g/mol. The van der Waals surface area contributed by atoms with E-state index in [0.29, 0.717) is 29.8 Å². The number of aryl methyl sites for hydroxylation is 1. The number of rotatable bonds is 7. The average Bonchev–Trinajstić information content (AvgIpc) is 3.60. The maximum absolute atomic E-state index is 12.8. The Bertz CT molecular complexity index is 1330. The third kappa shape index (κ3) is 5.60. The van der Waals surface area contributed by atoms with Crippen LogP contribution in [0.15, 0.2) is 81.0 Å². The van der Waals surface area contributed by atoms with Gasteiger partial charge in [0.05, 0.1) is 12.0 Å². The lowest BCUT2D eigenvalue weighted by Gasteiger charge is -2.36. The molecule has 1 N–H and O–H groups in total. The van der Waals surface area contributed by atoms with Crippen molar-refractivity contribution in [3.63, 3.8) is 0 Å².